The van der Waals surface area contributed by atoms with Crippen molar-refractivity contribution in [2.24, 2.45) is 11.8 Å². The lowest BCUT2D eigenvalue weighted by Crippen LogP contribution is -2.38. The molecule has 0 aromatic rings. The first-order valence-corrected chi connectivity index (χ1v) is 6.01. The number of hydrogen-bond acceptors (Lipinski definition) is 1. The van der Waals surface area contributed by atoms with Gasteiger partial charge in [0.2, 0.25) is 0 Å². The maximum atomic E-state index is 3.80. The van der Waals surface area contributed by atoms with Gasteiger partial charge in [0.05, 0.1) is 0 Å². The summed E-state index contributed by atoms with van der Waals surface area (Å²) in [5, 5.41) is 3.80. The summed E-state index contributed by atoms with van der Waals surface area (Å²) in [5.74, 6) is 1.99. The fraction of sp³-hybridized carbons (Fsp3) is 1.00. The second-order valence-electron chi connectivity index (χ2n) is 5.26. The quantitative estimate of drug-likeness (QED) is 0.703. The molecule has 0 amide bonds. The first kappa shape index (κ1) is 9.51. The van der Waals surface area contributed by atoms with Gasteiger partial charge in [-0.3, -0.25) is 0 Å². The molecule has 2 aliphatic carbocycles. The van der Waals surface area contributed by atoms with Crippen LogP contribution < -0.4 is 5.32 Å². The molecule has 0 bridgehead atoms. The fourth-order valence-corrected chi connectivity index (χ4v) is 2.68. The maximum absolute atomic E-state index is 3.80. The Morgan fingerprint density at radius 3 is 2.54 bits per heavy atom. The lowest BCUT2D eigenvalue weighted by molar-refractivity contribution is 0.364. The van der Waals surface area contributed by atoms with Gasteiger partial charge in [-0.05, 0) is 38.0 Å². The fourth-order valence-electron chi connectivity index (χ4n) is 2.68. The molecule has 3 atom stereocenters. The van der Waals surface area contributed by atoms with E-state index in [-0.39, 0.29) is 0 Å². The molecule has 1 N–H and O–H groups in total. The number of rotatable bonds is 4. The van der Waals surface area contributed by atoms with Gasteiger partial charge in [-0.2, -0.15) is 0 Å². The van der Waals surface area contributed by atoms with Gasteiger partial charge in [0, 0.05) is 12.1 Å². The highest BCUT2D eigenvalue weighted by molar-refractivity contribution is 4.85. The highest BCUT2D eigenvalue weighted by atomic mass is 15.0. The molecule has 76 valence electrons. The van der Waals surface area contributed by atoms with Crippen molar-refractivity contribution in [3.05, 3.63) is 0 Å². The number of nitrogens with one attached hydrogen (secondary N) is 1. The Bertz CT molecular complexity index is 163. The zero-order valence-corrected chi connectivity index (χ0v) is 9.05. The molecule has 0 spiro atoms. The minimum absolute atomic E-state index is 0.762. The second-order valence-corrected chi connectivity index (χ2v) is 5.26. The number of hydrogen-bond donors (Lipinski definition) is 1. The molecule has 1 heteroatoms. The van der Waals surface area contributed by atoms with Crippen LogP contribution >= 0.6 is 0 Å². The maximum Gasteiger partial charge on any atom is 0.00951 e. The summed E-state index contributed by atoms with van der Waals surface area (Å²) in [7, 11) is 0. The molecule has 1 nitrogen and oxygen atoms in total. The molecule has 13 heavy (non-hydrogen) atoms. The van der Waals surface area contributed by atoms with Crippen LogP contribution in [-0.2, 0) is 0 Å². The van der Waals surface area contributed by atoms with Crippen LogP contribution in [0.25, 0.3) is 0 Å². The van der Waals surface area contributed by atoms with Crippen molar-refractivity contribution in [1.29, 1.82) is 0 Å². The van der Waals surface area contributed by atoms with E-state index < -0.39 is 0 Å². The van der Waals surface area contributed by atoms with Crippen LogP contribution in [0.3, 0.4) is 0 Å². The Morgan fingerprint density at radius 1 is 1.23 bits per heavy atom. The van der Waals surface area contributed by atoms with Gasteiger partial charge in [0.25, 0.3) is 0 Å². The van der Waals surface area contributed by atoms with E-state index in [0.29, 0.717) is 0 Å². The molecule has 2 aliphatic rings. The van der Waals surface area contributed by atoms with Gasteiger partial charge in [0.15, 0.2) is 0 Å². The minimum atomic E-state index is 0.762. The lowest BCUT2D eigenvalue weighted by Gasteiger charge is -2.22. The summed E-state index contributed by atoms with van der Waals surface area (Å²) in [6, 6.07) is 1.59. The standard InChI is InChI=1S/C12H23N/c1-9-4-3-5-12(9)13-10(2)8-11-6-7-11/h9-13H,3-8H2,1-2H3. The van der Waals surface area contributed by atoms with E-state index in [1.807, 2.05) is 0 Å². The van der Waals surface area contributed by atoms with Crippen LogP contribution in [0.15, 0.2) is 0 Å². The monoisotopic (exact) mass is 181 g/mol. The van der Waals surface area contributed by atoms with Crippen molar-refractivity contribution < 1.29 is 0 Å². The summed E-state index contributed by atoms with van der Waals surface area (Å²) in [6.07, 6.45) is 8.70. The molecule has 0 saturated heterocycles. The van der Waals surface area contributed by atoms with E-state index >= 15 is 0 Å². The molecule has 0 aromatic heterocycles. The van der Waals surface area contributed by atoms with Gasteiger partial charge >= 0.3 is 0 Å². The van der Waals surface area contributed by atoms with Crippen molar-refractivity contribution >= 4 is 0 Å². The highest BCUT2D eigenvalue weighted by Crippen LogP contribution is 2.34. The van der Waals surface area contributed by atoms with E-state index in [0.717, 1.165) is 23.9 Å². The van der Waals surface area contributed by atoms with Crippen molar-refractivity contribution in [1.82, 2.24) is 5.32 Å². The highest BCUT2D eigenvalue weighted by Gasteiger charge is 2.27. The normalized spacial score (nSPS) is 36.5. The lowest BCUT2D eigenvalue weighted by atomic mass is 10.0. The van der Waals surface area contributed by atoms with Gasteiger partial charge in [-0.25, -0.2) is 0 Å². The Labute approximate surface area is 82.3 Å². The van der Waals surface area contributed by atoms with Crippen LogP contribution in [0.2, 0.25) is 0 Å². The molecule has 3 unspecified atom stereocenters. The van der Waals surface area contributed by atoms with E-state index in [1.165, 1.54) is 38.5 Å². The minimum Gasteiger partial charge on any atom is -0.311 e. The van der Waals surface area contributed by atoms with Gasteiger partial charge < -0.3 is 5.32 Å². The van der Waals surface area contributed by atoms with Crippen molar-refractivity contribution in [3.63, 3.8) is 0 Å². The third-order valence-electron chi connectivity index (χ3n) is 3.74. The van der Waals surface area contributed by atoms with Crippen LogP contribution in [0.5, 0.6) is 0 Å². The van der Waals surface area contributed by atoms with Crippen molar-refractivity contribution in [3.8, 4) is 0 Å². The van der Waals surface area contributed by atoms with Gasteiger partial charge in [-0.15, -0.1) is 0 Å². The predicted octanol–water partition coefficient (Wildman–Crippen LogP) is 2.95. The van der Waals surface area contributed by atoms with E-state index in [9.17, 15) is 0 Å². The first-order chi connectivity index (χ1) is 6.25. The van der Waals surface area contributed by atoms with Crippen LogP contribution in [0.1, 0.15) is 52.4 Å². The zero-order chi connectivity index (χ0) is 9.26. The molecule has 0 radical (unpaired) electrons. The molecule has 0 aliphatic heterocycles. The Kier molecular flexibility index (Phi) is 2.92. The Morgan fingerprint density at radius 2 is 2.00 bits per heavy atom. The van der Waals surface area contributed by atoms with Crippen molar-refractivity contribution in [2.45, 2.75) is 64.5 Å². The SMILES string of the molecule is CC(CC1CC1)NC1CCCC1C. The summed E-state index contributed by atoms with van der Waals surface area (Å²) in [6.45, 7) is 4.76. The Hall–Kier alpha value is -0.0400. The average Bonchev–Trinajstić information content (AvgIpc) is 2.79. The van der Waals surface area contributed by atoms with Gasteiger partial charge in [0.1, 0.15) is 0 Å². The molecule has 2 saturated carbocycles. The summed E-state index contributed by atoms with van der Waals surface area (Å²) >= 11 is 0. The summed E-state index contributed by atoms with van der Waals surface area (Å²) in [4.78, 5) is 0. The molecule has 0 aromatic carbocycles. The molecular weight excluding hydrogens is 158 g/mol. The first-order valence-electron chi connectivity index (χ1n) is 6.01. The molecule has 2 rings (SSSR count). The molecule has 0 heterocycles. The smallest absolute Gasteiger partial charge is 0.00951 e. The van der Waals surface area contributed by atoms with Crippen LogP contribution in [0.4, 0.5) is 0 Å². The topological polar surface area (TPSA) is 12.0 Å². The molecular formula is C12H23N. The summed E-state index contributed by atoms with van der Waals surface area (Å²) < 4.78 is 0. The van der Waals surface area contributed by atoms with E-state index in [4.69, 9.17) is 0 Å². The third kappa shape index (κ3) is 2.70. The van der Waals surface area contributed by atoms with Crippen LogP contribution in [-0.4, -0.2) is 12.1 Å². The van der Waals surface area contributed by atoms with Crippen LogP contribution in [0, 0.1) is 11.8 Å². The molecule has 2 fully saturated rings. The van der Waals surface area contributed by atoms with Crippen molar-refractivity contribution in [2.75, 3.05) is 0 Å². The average molecular weight is 181 g/mol. The third-order valence-corrected chi connectivity index (χ3v) is 3.74. The second kappa shape index (κ2) is 4.00. The largest absolute Gasteiger partial charge is 0.311 e. The van der Waals surface area contributed by atoms with E-state index in [2.05, 4.69) is 19.2 Å². The Balaban J connectivity index is 1.69. The summed E-state index contributed by atoms with van der Waals surface area (Å²) in [5.41, 5.74) is 0. The van der Waals surface area contributed by atoms with E-state index in [1.54, 1.807) is 0 Å². The predicted molar refractivity (Wildman–Crippen MR) is 56.7 cm³/mol. The zero-order valence-electron chi connectivity index (χ0n) is 9.05. The van der Waals surface area contributed by atoms with Gasteiger partial charge in [-0.1, -0.05) is 26.2 Å².